The van der Waals surface area contributed by atoms with Crippen molar-refractivity contribution in [2.45, 2.75) is 18.1 Å². The molecule has 0 bridgehead atoms. The van der Waals surface area contributed by atoms with Crippen molar-refractivity contribution in [1.82, 2.24) is 0 Å². The minimum atomic E-state index is -0.288. The second-order valence-corrected chi connectivity index (χ2v) is 2.60. The molecule has 54 valence electrons. The van der Waals surface area contributed by atoms with E-state index in [1.165, 1.54) is 0 Å². The van der Waals surface area contributed by atoms with Crippen LogP contribution in [0.15, 0.2) is 0 Å². The van der Waals surface area contributed by atoms with Gasteiger partial charge in [0.05, 0.1) is 12.0 Å². The fourth-order valence-electron chi connectivity index (χ4n) is 0.752. The summed E-state index contributed by atoms with van der Waals surface area (Å²) in [5, 5.41) is -0.0243. The van der Waals surface area contributed by atoms with Crippen molar-refractivity contribution in [3.8, 4) is 0 Å². The highest BCUT2D eigenvalue weighted by Crippen LogP contribution is 2.20. The highest BCUT2D eigenvalue weighted by Gasteiger charge is 2.26. The summed E-state index contributed by atoms with van der Waals surface area (Å²) in [7, 11) is 0. The molecule has 2 nitrogen and oxygen atoms in total. The first-order valence-electron chi connectivity index (χ1n) is 2.78. The Hall–Kier alpha value is 0.500. The summed E-state index contributed by atoms with van der Waals surface area (Å²) < 4.78 is 9.99. The number of rotatable bonds is 2. The van der Waals surface area contributed by atoms with Gasteiger partial charge in [-0.2, -0.15) is 0 Å². The number of alkyl halides is 2. The molecule has 2 unspecified atom stereocenters. The number of halogens is 2. The molecule has 1 aliphatic rings. The van der Waals surface area contributed by atoms with Crippen molar-refractivity contribution >= 4 is 23.2 Å². The van der Waals surface area contributed by atoms with Gasteiger partial charge in [0.1, 0.15) is 6.07 Å². The molecule has 4 heteroatoms. The molecular weight excluding hydrogens is 163 g/mol. The van der Waals surface area contributed by atoms with Crippen molar-refractivity contribution in [3.63, 3.8) is 0 Å². The van der Waals surface area contributed by atoms with E-state index in [1.807, 2.05) is 0 Å². The van der Waals surface area contributed by atoms with Crippen molar-refractivity contribution in [2.24, 2.45) is 0 Å². The molecule has 1 aliphatic heterocycles. The highest BCUT2D eigenvalue weighted by atomic mass is 35.5. The first-order chi connectivity index (χ1) is 4.34. The molecule has 0 N–H and O–H groups in total. The molecule has 0 aromatic carbocycles. The van der Waals surface area contributed by atoms with Crippen LogP contribution in [0.5, 0.6) is 0 Å². The SMILES string of the molecule is ClCOC1OCCC1Cl. The summed E-state index contributed by atoms with van der Waals surface area (Å²) in [6.45, 7) is 0.676. The van der Waals surface area contributed by atoms with Crippen LogP contribution in [0.3, 0.4) is 0 Å². The van der Waals surface area contributed by atoms with E-state index in [1.54, 1.807) is 0 Å². The van der Waals surface area contributed by atoms with E-state index in [9.17, 15) is 0 Å². The van der Waals surface area contributed by atoms with E-state index in [4.69, 9.17) is 32.7 Å². The maximum atomic E-state index is 5.75. The van der Waals surface area contributed by atoms with Gasteiger partial charge in [-0.25, -0.2) is 0 Å². The van der Waals surface area contributed by atoms with Crippen LogP contribution in [0.4, 0.5) is 0 Å². The van der Waals surface area contributed by atoms with E-state index < -0.39 is 0 Å². The summed E-state index contributed by atoms with van der Waals surface area (Å²) in [6, 6.07) is 0.147. The number of hydrogen-bond acceptors (Lipinski definition) is 2. The monoisotopic (exact) mass is 170 g/mol. The van der Waals surface area contributed by atoms with E-state index in [0.29, 0.717) is 6.61 Å². The van der Waals surface area contributed by atoms with E-state index in [2.05, 4.69) is 0 Å². The smallest absolute Gasteiger partial charge is 0.175 e. The van der Waals surface area contributed by atoms with Crippen molar-refractivity contribution in [2.75, 3.05) is 12.7 Å². The van der Waals surface area contributed by atoms with Gasteiger partial charge in [-0.05, 0) is 6.42 Å². The summed E-state index contributed by atoms with van der Waals surface area (Å²) in [4.78, 5) is 0. The van der Waals surface area contributed by atoms with Gasteiger partial charge in [0.2, 0.25) is 0 Å². The van der Waals surface area contributed by atoms with Gasteiger partial charge in [0.25, 0.3) is 0 Å². The van der Waals surface area contributed by atoms with Crippen LogP contribution in [-0.4, -0.2) is 24.3 Å². The average Bonchev–Trinajstić information content (AvgIpc) is 2.18. The summed E-state index contributed by atoms with van der Waals surface area (Å²) in [6.07, 6.45) is 0.562. The number of hydrogen-bond donors (Lipinski definition) is 0. The van der Waals surface area contributed by atoms with Crippen LogP contribution in [0.2, 0.25) is 0 Å². The predicted octanol–water partition coefficient (Wildman–Crippen LogP) is 1.55. The molecule has 9 heavy (non-hydrogen) atoms. The Labute approximate surface area is 64.0 Å². The highest BCUT2D eigenvalue weighted by molar-refractivity contribution is 6.21. The van der Waals surface area contributed by atoms with Crippen LogP contribution >= 0.6 is 23.2 Å². The Morgan fingerprint density at radius 3 is 2.89 bits per heavy atom. The third-order valence-electron chi connectivity index (χ3n) is 1.20. The molecule has 0 aromatic rings. The molecule has 0 aromatic heterocycles. The first-order valence-corrected chi connectivity index (χ1v) is 3.75. The van der Waals surface area contributed by atoms with Crippen molar-refractivity contribution < 1.29 is 9.47 Å². The maximum Gasteiger partial charge on any atom is 0.175 e. The molecule has 0 saturated carbocycles. The third kappa shape index (κ3) is 1.97. The fourth-order valence-corrected chi connectivity index (χ4v) is 1.11. The standard InChI is InChI=1S/C5H8Cl2O2/c6-3-9-5-4(7)1-2-8-5/h4-5H,1-3H2. The predicted molar refractivity (Wildman–Crippen MR) is 35.8 cm³/mol. The number of ether oxygens (including phenoxy) is 2. The van der Waals surface area contributed by atoms with Gasteiger partial charge < -0.3 is 9.47 Å². The van der Waals surface area contributed by atoms with Crippen LogP contribution in [0, 0.1) is 0 Å². The Balaban J connectivity index is 2.22. The Morgan fingerprint density at radius 1 is 1.67 bits per heavy atom. The second kappa shape index (κ2) is 3.62. The largest absolute Gasteiger partial charge is 0.351 e. The van der Waals surface area contributed by atoms with Gasteiger partial charge in [0, 0.05) is 0 Å². The topological polar surface area (TPSA) is 18.5 Å². The lowest BCUT2D eigenvalue weighted by atomic mass is 10.3. The van der Waals surface area contributed by atoms with Crippen LogP contribution in [0.25, 0.3) is 0 Å². The molecule has 1 rings (SSSR count). The van der Waals surface area contributed by atoms with E-state index >= 15 is 0 Å². The van der Waals surface area contributed by atoms with Gasteiger partial charge >= 0.3 is 0 Å². The zero-order chi connectivity index (χ0) is 6.69. The van der Waals surface area contributed by atoms with E-state index in [0.717, 1.165) is 6.42 Å². The van der Waals surface area contributed by atoms with E-state index in [-0.39, 0.29) is 17.7 Å². The average molecular weight is 171 g/mol. The molecule has 0 amide bonds. The quantitative estimate of drug-likeness (QED) is 0.587. The van der Waals surface area contributed by atoms with Crippen LogP contribution < -0.4 is 0 Å². The van der Waals surface area contributed by atoms with Crippen LogP contribution in [0.1, 0.15) is 6.42 Å². The zero-order valence-electron chi connectivity index (χ0n) is 4.85. The third-order valence-corrected chi connectivity index (χ3v) is 1.75. The summed E-state index contributed by atoms with van der Waals surface area (Å²) in [5.74, 6) is 0. The first kappa shape index (κ1) is 7.61. The van der Waals surface area contributed by atoms with Gasteiger partial charge in [-0.15, -0.1) is 11.6 Å². The Kier molecular flexibility index (Phi) is 3.06. The lowest BCUT2D eigenvalue weighted by Crippen LogP contribution is -2.19. The lowest BCUT2D eigenvalue weighted by Gasteiger charge is -2.10. The molecule has 0 spiro atoms. The lowest BCUT2D eigenvalue weighted by molar-refractivity contribution is -0.0935. The summed E-state index contributed by atoms with van der Waals surface area (Å²) >= 11 is 11.0. The molecule has 0 aliphatic carbocycles. The fraction of sp³-hybridized carbons (Fsp3) is 1.00. The molecule has 2 atom stereocenters. The maximum absolute atomic E-state index is 5.75. The minimum absolute atomic E-state index is 0.0243. The second-order valence-electron chi connectivity index (χ2n) is 1.82. The van der Waals surface area contributed by atoms with Crippen molar-refractivity contribution in [3.05, 3.63) is 0 Å². The molecule has 1 fully saturated rings. The van der Waals surface area contributed by atoms with Crippen LogP contribution in [-0.2, 0) is 9.47 Å². The molecule has 0 radical (unpaired) electrons. The van der Waals surface area contributed by atoms with Crippen molar-refractivity contribution in [1.29, 1.82) is 0 Å². The zero-order valence-corrected chi connectivity index (χ0v) is 6.36. The Bertz CT molecular complexity index is 89.0. The minimum Gasteiger partial charge on any atom is -0.351 e. The Morgan fingerprint density at radius 2 is 2.44 bits per heavy atom. The van der Waals surface area contributed by atoms with Gasteiger partial charge in [0.15, 0.2) is 6.29 Å². The molecule has 1 heterocycles. The van der Waals surface area contributed by atoms with Gasteiger partial charge in [-0.1, -0.05) is 11.6 Å². The molecule has 1 saturated heterocycles. The molecular formula is C5H8Cl2O2. The summed E-state index contributed by atoms with van der Waals surface area (Å²) in [5.41, 5.74) is 0. The van der Waals surface area contributed by atoms with Gasteiger partial charge in [-0.3, -0.25) is 0 Å². The normalized spacial score (nSPS) is 35.3.